The number of hydrogen-bond donors (Lipinski definition) is 1. The normalized spacial score (nSPS) is 15.2. The number of anilines is 2. The molecule has 3 rings (SSSR count). The lowest BCUT2D eigenvalue weighted by molar-refractivity contribution is 0.578. The van der Waals surface area contributed by atoms with Crippen molar-refractivity contribution < 1.29 is 0 Å². The summed E-state index contributed by atoms with van der Waals surface area (Å²) >= 11 is 11.7. The third kappa shape index (κ3) is 3.93. The Morgan fingerprint density at radius 1 is 1.19 bits per heavy atom. The molecule has 0 amide bonds. The monoisotopic (exact) mass is 384 g/mol. The standard InChI is InChI=1S/C16H18BrClN2S/c17-12-8-14(21-11-12)10-19-13-4-5-16(15(18)9-13)20-6-2-1-3-7-20/h4-5,8-9,11,19H,1-3,6-7,10H2. The van der Waals surface area contributed by atoms with Crippen molar-refractivity contribution >= 4 is 50.2 Å². The minimum Gasteiger partial charge on any atom is -0.380 e. The average molecular weight is 386 g/mol. The average Bonchev–Trinajstić information content (AvgIpc) is 2.92. The molecule has 1 aromatic carbocycles. The first-order valence-electron chi connectivity index (χ1n) is 7.24. The van der Waals surface area contributed by atoms with Crippen molar-refractivity contribution in [2.24, 2.45) is 0 Å². The summed E-state index contributed by atoms with van der Waals surface area (Å²) in [5.41, 5.74) is 2.24. The van der Waals surface area contributed by atoms with Gasteiger partial charge in [0.25, 0.3) is 0 Å². The van der Waals surface area contributed by atoms with Crippen LogP contribution in [0.3, 0.4) is 0 Å². The Labute approximate surface area is 143 Å². The van der Waals surface area contributed by atoms with Crippen LogP contribution in [0.25, 0.3) is 0 Å². The number of nitrogens with zero attached hydrogens (tertiary/aromatic N) is 1. The van der Waals surface area contributed by atoms with E-state index in [-0.39, 0.29) is 0 Å². The predicted molar refractivity (Wildman–Crippen MR) is 96.9 cm³/mol. The molecule has 1 aliphatic rings. The summed E-state index contributed by atoms with van der Waals surface area (Å²) in [6, 6.07) is 8.44. The van der Waals surface area contributed by atoms with Gasteiger partial charge in [-0.2, -0.15) is 0 Å². The van der Waals surface area contributed by atoms with Gasteiger partial charge in [0.2, 0.25) is 0 Å². The van der Waals surface area contributed by atoms with Crippen LogP contribution in [-0.2, 0) is 6.54 Å². The lowest BCUT2D eigenvalue weighted by Crippen LogP contribution is -2.29. The van der Waals surface area contributed by atoms with Gasteiger partial charge >= 0.3 is 0 Å². The zero-order valence-electron chi connectivity index (χ0n) is 11.7. The highest BCUT2D eigenvalue weighted by Crippen LogP contribution is 2.31. The third-order valence-corrected chi connectivity index (χ3v) is 5.73. The highest BCUT2D eigenvalue weighted by molar-refractivity contribution is 9.10. The molecule has 5 heteroatoms. The number of thiophene rings is 1. The molecule has 1 aromatic heterocycles. The Balaban J connectivity index is 1.65. The fourth-order valence-corrected chi connectivity index (χ4v) is 4.33. The summed E-state index contributed by atoms with van der Waals surface area (Å²) in [7, 11) is 0. The molecular weight excluding hydrogens is 368 g/mol. The zero-order valence-corrected chi connectivity index (χ0v) is 14.9. The number of benzene rings is 1. The van der Waals surface area contributed by atoms with Crippen LogP contribution >= 0.6 is 38.9 Å². The van der Waals surface area contributed by atoms with Gasteiger partial charge in [0, 0.05) is 40.1 Å². The van der Waals surface area contributed by atoms with Gasteiger partial charge in [0.15, 0.2) is 0 Å². The first-order valence-corrected chi connectivity index (χ1v) is 9.29. The fraction of sp³-hybridized carbons (Fsp3) is 0.375. The summed E-state index contributed by atoms with van der Waals surface area (Å²) < 4.78 is 1.14. The van der Waals surface area contributed by atoms with E-state index in [2.05, 4.69) is 49.7 Å². The van der Waals surface area contributed by atoms with Crippen LogP contribution < -0.4 is 10.2 Å². The van der Waals surface area contributed by atoms with Gasteiger partial charge in [0.1, 0.15) is 0 Å². The molecule has 1 saturated heterocycles. The fourth-order valence-electron chi connectivity index (χ4n) is 2.64. The molecule has 0 bridgehead atoms. The van der Waals surface area contributed by atoms with Crippen molar-refractivity contribution in [3.63, 3.8) is 0 Å². The lowest BCUT2D eigenvalue weighted by Gasteiger charge is -2.29. The first-order chi connectivity index (χ1) is 10.2. The van der Waals surface area contributed by atoms with Crippen LogP contribution in [-0.4, -0.2) is 13.1 Å². The molecule has 0 unspecified atom stereocenters. The summed E-state index contributed by atoms with van der Waals surface area (Å²) in [6.45, 7) is 3.07. The van der Waals surface area contributed by atoms with Crippen molar-refractivity contribution in [3.8, 4) is 0 Å². The first kappa shape index (κ1) is 15.2. The van der Waals surface area contributed by atoms with Gasteiger partial charge in [-0.1, -0.05) is 11.6 Å². The second kappa shape index (κ2) is 7.03. The molecule has 2 aromatic rings. The van der Waals surface area contributed by atoms with Gasteiger partial charge in [-0.25, -0.2) is 0 Å². The van der Waals surface area contributed by atoms with Gasteiger partial charge in [-0.05, 0) is 59.5 Å². The smallest absolute Gasteiger partial charge is 0.0660 e. The molecule has 1 aliphatic heterocycles. The topological polar surface area (TPSA) is 15.3 Å². The lowest BCUT2D eigenvalue weighted by atomic mass is 10.1. The molecule has 0 radical (unpaired) electrons. The molecule has 112 valence electrons. The molecule has 0 atom stereocenters. The van der Waals surface area contributed by atoms with E-state index in [1.54, 1.807) is 11.3 Å². The quantitative estimate of drug-likeness (QED) is 0.719. The maximum atomic E-state index is 6.46. The maximum Gasteiger partial charge on any atom is 0.0660 e. The van der Waals surface area contributed by atoms with Gasteiger partial charge < -0.3 is 10.2 Å². The van der Waals surface area contributed by atoms with Crippen LogP contribution in [0.4, 0.5) is 11.4 Å². The van der Waals surface area contributed by atoms with Crippen molar-refractivity contribution in [2.45, 2.75) is 25.8 Å². The van der Waals surface area contributed by atoms with Crippen LogP contribution in [0, 0.1) is 0 Å². The van der Waals surface area contributed by atoms with Crippen molar-refractivity contribution in [1.82, 2.24) is 0 Å². The van der Waals surface area contributed by atoms with E-state index in [0.29, 0.717) is 0 Å². The van der Waals surface area contributed by atoms with Crippen molar-refractivity contribution in [2.75, 3.05) is 23.3 Å². The van der Waals surface area contributed by atoms with E-state index in [0.717, 1.165) is 34.8 Å². The Hall–Kier alpha value is -0.710. The Morgan fingerprint density at radius 2 is 2.00 bits per heavy atom. The van der Waals surface area contributed by atoms with Crippen LogP contribution in [0.5, 0.6) is 0 Å². The number of hydrogen-bond acceptors (Lipinski definition) is 3. The Bertz CT molecular complexity index is 608. The van der Waals surface area contributed by atoms with Gasteiger partial charge in [0.05, 0.1) is 10.7 Å². The van der Waals surface area contributed by atoms with Gasteiger partial charge in [-0.15, -0.1) is 11.3 Å². The molecule has 0 aliphatic carbocycles. The Kier molecular flexibility index (Phi) is 5.09. The summed E-state index contributed by atoms with van der Waals surface area (Å²) in [6.07, 6.45) is 3.87. The summed E-state index contributed by atoms with van der Waals surface area (Å²) in [5, 5.41) is 6.37. The molecular formula is C16H18BrClN2S. The number of nitrogens with one attached hydrogen (secondary N) is 1. The highest BCUT2D eigenvalue weighted by Gasteiger charge is 2.14. The van der Waals surface area contributed by atoms with Gasteiger partial charge in [-0.3, -0.25) is 0 Å². The molecule has 2 heterocycles. The molecule has 0 spiro atoms. The summed E-state index contributed by atoms with van der Waals surface area (Å²) in [4.78, 5) is 3.70. The van der Waals surface area contributed by atoms with Crippen LogP contribution in [0.1, 0.15) is 24.1 Å². The van der Waals surface area contributed by atoms with E-state index in [1.807, 2.05) is 6.07 Å². The number of rotatable bonds is 4. The second-order valence-electron chi connectivity index (χ2n) is 5.30. The molecule has 2 nitrogen and oxygen atoms in total. The minimum atomic E-state index is 0.829. The predicted octanol–water partition coefficient (Wildman–Crippen LogP) is 5.77. The molecule has 21 heavy (non-hydrogen) atoms. The zero-order chi connectivity index (χ0) is 14.7. The van der Waals surface area contributed by atoms with E-state index < -0.39 is 0 Å². The van der Waals surface area contributed by atoms with E-state index in [9.17, 15) is 0 Å². The minimum absolute atomic E-state index is 0.829. The number of halogens is 2. The van der Waals surface area contributed by atoms with E-state index in [4.69, 9.17) is 11.6 Å². The Morgan fingerprint density at radius 3 is 2.67 bits per heavy atom. The summed E-state index contributed by atoms with van der Waals surface area (Å²) in [5.74, 6) is 0. The largest absolute Gasteiger partial charge is 0.380 e. The van der Waals surface area contributed by atoms with Crippen LogP contribution in [0.15, 0.2) is 34.1 Å². The third-order valence-electron chi connectivity index (χ3n) is 3.73. The molecule has 1 fully saturated rings. The molecule has 1 N–H and O–H groups in total. The van der Waals surface area contributed by atoms with E-state index in [1.165, 1.54) is 29.8 Å². The van der Waals surface area contributed by atoms with E-state index >= 15 is 0 Å². The second-order valence-corrected chi connectivity index (χ2v) is 7.62. The molecule has 0 saturated carbocycles. The van der Waals surface area contributed by atoms with Crippen molar-refractivity contribution in [3.05, 3.63) is 44.0 Å². The SMILES string of the molecule is Clc1cc(NCc2cc(Br)cs2)ccc1N1CCCCC1. The van der Waals surface area contributed by atoms with Crippen LogP contribution in [0.2, 0.25) is 5.02 Å². The maximum absolute atomic E-state index is 6.46. The van der Waals surface area contributed by atoms with Crippen molar-refractivity contribution in [1.29, 1.82) is 0 Å². The highest BCUT2D eigenvalue weighted by atomic mass is 79.9. The number of piperidine rings is 1.